The molecule has 0 amide bonds. The lowest BCUT2D eigenvalue weighted by molar-refractivity contribution is 0.0688. The number of carboxylic acids is 1. The van der Waals surface area contributed by atoms with Crippen LogP contribution in [-0.4, -0.2) is 16.2 Å². The molecule has 0 heterocycles. The second-order valence-corrected chi connectivity index (χ2v) is 5.36. The predicted octanol–water partition coefficient (Wildman–Crippen LogP) is 3.48. The van der Waals surface area contributed by atoms with Gasteiger partial charge in [0.2, 0.25) is 0 Å². The molecule has 4 nitrogen and oxygen atoms in total. The van der Waals surface area contributed by atoms with E-state index in [9.17, 15) is 19.6 Å². The summed E-state index contributed by atoms with van der Waals surface area (Å²) in [6, 6.07) is 11.9. The third-order valence-corrected chi connectivity index (χ3v) is 3.97. The van der Waals surface area contributed by atoms with Gasteiger partial charge in [0.25, 0.3) is 0 Å². The average molecular weight is 309 g/mol. The number of aromatic hydroxyl groups is 1. The van der Waals surface area contributed by atoms with Crippen LogP contribution < -0.4 is 0 Å². The molecule has 0 saturated heterocycles. The highest BCUT2D eigenvalue weighted by molar-refractivity contribution is 5.91. The molecular weight excluding hydrogens is 297 g/mol. The van der Waals surface area contributed by atoms with Gasteiger partial charge in [-0.1, -0.05) is 30.3 Å². The van der Waals surface area contributed by atoms with E-state index in [1.807, 2.05) is 24.3 Å². The molecular formula is C18H12FNO3. The van der Waals surface area contributed by atoms with E-state index in [4.69, 9.17) is 5.11 Å². The van der Waals surface area contributed by atoms with E-state index in [0.717, 1.165) is 17.2 Å². The van der Waals surface area contributed by atoms with Crippen LogP contribution in [0.25, 0.3) is 5.57 Å². The van der Waals surface area contributed by atoms with Gasteiger partial charge >= 0.3 is 5.97 Å². The van der Waals surface area contributed by atoms with Crippen molar-refractivity contribution < 1.29 is 19.4 Å². The highest BCUT2D eigenvalue weighted by atomic mass is 19.1. The zero-order valence-electron chi connectivity index (χ0n) is 12.0. The molecule has 2 aromatic rings. The van der Waals surface area contributed by atoms with Crippen LogP contribution in [0.5, 0.6) is 5.75 Å². The van der Waals surface area contributed by atoms with Crippen molar-refractivity contribution in [1.82, 2.24) is 0 Å². The van der Waals surface area contributed by atoms with Crippen LogP contribution in [0.1, 0.15) is 33.0 Å². The summed E-state index contributed by atoms with van der Waals surface area (Å²) in [5, 5.41) is 28.0. The summed E-state index contributed by atoms with van der Waals surface area (Å²) in [7, 11) is 0. The summed E-state index contributed by atoms with van der Waals surface area (Å²) >= 11 is 0. The van der Waals surface area contributed by atoms with Gasteiger partial charge < -0.3 is 10.2 Å². The third kappa shape index (κ3) is 2.55. The second kappa shape index (κ2) is 5.58. The standard InChI is InChI=1S/C18H12FNO3/c19-15-7-12(8-16(21)17(15)18(22)23)11-5-10-3-1-2-4-14(10)13(6-11)9-20/h1-4,6-8,11,21H,5H2,(H,22,23). The summed E-state index contributed by atoms with van der Waals surface area (Å²) in [6.45, 7) is 0. The molecule has 0 spiro atoms. The van der Waals surface area contributed by atoms with Crippen molar-refractivity contribution in [3.8, 4) is 11.8 Å². The molecule has 2 aromatic carbocycles. The smallest absolute Gasteiger partial charge is 0.342 e. The Hall–Kier alpha value is -3.13. The van der Waals surface area contributed by atoms with Crippen molar-refractivity contribution in [1.29, 1.82) is 5.26 Å². The van der Waals surface area contributed by atoms with Crippen LogP contribution >= 0.6 is 0 Å². The fourth-order valence-electron chi connectivity index (χ4n) is 2.90. The maximum Gasteiger partial charge on any atom is 0.342 e. The molecule has 5 heteroatoms. The largest absolute Gasteiger partial charge is 0.507 e. The van der Waals surface area contributed by atoms with Gasteiger partial charge in [-0.05, 0) is 35.2 Å². The molecule has 114 valence electrons. The van der Waals surface area contributed by atoms with Crippen LogP contribution in [0, 0.1) is 17.1 Å². The van der Waals surface area contributed by atoms with E-state index in [-0.39, 0.29) is 5.92 Å². The van der Waals surface area contributed by atoms with Crippen LogP contribution in [0.3, 0.4) is 0 Å². The molecule has 3 rings (SSSR count). The molecule has 1 aliphatic carbocycles. The highest BCUT2D eigenvalue weighted by Gasteiger charge is 2.24. The summed E-state index contributed by atoms with van der Waals surface area (Å²) in [5.41, 5.74) is 1.98. The normalized spacial score (nSPS) is 16.2. The van der Waals surface area contributed by atoms with Gasteiger partial charge in [0.05, 0.1) is 11.6 Å². The number of halogens is 1. The molecule has 0 saturated carbocycles. The number of aromatic carboxylic acids is 1. The van der Waals surface area contributed by atoms with Crippen molar-refractivity contribution in [2.24, 2.45) is 0 Å². The summed E-state index contributed by atoms with van der Waals surface area (Å²) in [5.74, 6) is -3.42. The first-order valence-corrected chi connectivity index (χ1v) is 6.97. The molecule has 1 unspecified atom stereocenters. The van der Waals surface area contributed by atoms with E-state index in [2.05, 4.69) is 6.07 Å². The summed E-state index contributed by atoms with van der Waals surface area (Å²) in [4.78, 5) is 10.9. The van der Waals surface area contributed by atoms with E-state index in [1.165, 1.54) is 6.07 Å². The number of carboxylic acid groups (broad SMARTS) is 1. The number of allylic oxidation sites excluding steroid dienone is 2. The van der Waals surface area contributed by atoms with Gasteiger partial charge in [0, 0.05) is 5.92 Å². The molecule has 0 radical (unpaired) electrons. The van der Waals surface area contributed by atoms with Gasteiger partial charge in [-0.3, -0.25) is 0 Å². The number of phenols is 1. The molecule has 1 atom stereocenters. The van der Waals surface area contributed by atoms with Gasteiger partial charge in [0.15, 0.2) is 0 Å². The van der Waals surface area contributed by atoms with Crippen LogP contribution in [0.15, 0.2) is 42.5 Å². The van der Waals surface area contributed by atoms with Crippen LogP contribution in [-0.2, 0) is 6.42 Å². The van der Waals surface area contributed by atoms with Crippen molar-refractivity contribution in [2.75, 3.05) is 0 Å². The van der Waals surface area contributed by atoms with Crippen molar-refractivity contribution in [2.45, 2.75) is 12.3 Å². The zero-order chi connectivity index (χ0) is 16.6. The molecule has 23 heavy (non-hydrogen) atoms. The SMILES string of the molecule is N#CC1=CC(c2cc(O)c(C(=O)O)c(F)c2)Cc2ccccc21. The molecule has 2 N–H and O–H groups in total. The number of carbonyl (C=O) groups is 1. The molecule has 0 fully saturated rings. The Balaban J connectivity index is 2.08. The quantitative estimate of drug-likeness (QED) is 0.890. The number of rotatable bonds is 2. The van der Waals surface area contributed by atoms with E-state index in [1.54, 1.807) is 6.08 Å². The van der Waals surface area contributed by atoms with Crippen LogP contribution in [0.2, 0.25) is 0 Å². The molecule has 0 bridgehead atoms. The summed E-state index contributed by atoms with van der Waals surface area (Å²) < 4.78 is 14.0. The van der Waals surface area contributed by atoms with E-state index < -0.39 is 23.1 Å². The summed E-state index contributed by atoms with van der Waals surface area (Å²) in [6.07, 6.45) is 2.27. The predicted molar refractivity (Wildman–Crippen MR) is 81.5 cm³/mol. The number of fused-ring (bicyclic) bond motifs is 1. The molecule has 0 aromatic heterocycles. The van der Waals surface area contributed by atoms with Gasteiger partial charge in [-0.15, -0.1) is 0 Å². The first kappa shape index (κ1) is 14.8. The van der Waals surface area contributed by atoms with Crippen molar-refractivity contribution in [3.05, 3.63) is 70.5 Å². The Bertz CT molecular complexity index is 857. The lowest BCUT2D eigenvalue weighted by Gasteiger charge is -2.22. The Kier molecular flexibility index (Phi) is 3.59. The average Bonchev–Trinajstić information content (AvgIpc) is 2.52. The Morgan fingerprint density at radius 2 is 2.04 bits per heavy atom. The molecule has 0 aliphatic heterocycles. The van der Waals surface area contributed by atoms with Gasteiger partial charge in [0.1, 0.15) is 17.1 Å². The second-order valence-electron chi connectivity index (χ2n) is 5.36. The minimum atomic E-state index is -1.52. The maximum absolute atomic E-state index is 14.0. The fraction of sp³-hybridized carbons (Fsp3) is 0.111. The lowest BCUT2D eigenvalue weighted by Crippen LogP contribution is -2.10. The highest BCUT2D eigenvalue weighted by Crippen LogP contribution is 2.36. The van der Waals surface area contributed by atoms with E-state index >= 15 is 0 Å². The Morgan fingerprint density at radius 3 is 2.70 bits per heavy atom. The topological polar surface area (TPSA) is 81.3 Å². The van der Waals surface area contributed by atoms with Crippen LogP contribution in [0.4, 0.5) is 4.39 Å². The lowest BCUT2D eigenvalue weighted by atomic mass is 9.81. The van der Waals surface area contributed by atoms with Crippen molar-refractivity contribution in [3.63, 3.8) is 0 Å². The number of nitriles is 1. The minimum absolute atomic E-state index is 0.303. The maximum atomic E-state index is 14.0. The molecule has 1 aliphatic rings. The number of nitrogens with zero attached hydrogens (tertiary/aromatic N) is 1. The first-order valence-electron chi connectivity index (χ1n) is 6.97. The first-order chi connectivity index (χ1) is 11.0. The number of hydrogen-bond acceptors (Lipinski definition) is 3. The Morgan fingerprint density at radius 1 is 1.30 bits per heavy atom. The van der Waals surface area contributed by atoms with E-state index in [0.29, 0.717) is 17.6 Å². The minimum Gasteiger partial charge on any atom is -0.507 e. The number of hydrogen-bond donors (Lipinski definition) is 2. The number of benzene rings is 2. The zero-order valence-corrected chi connectivity index (χ0v) is 12.0. The fourth-order valence-corrected chi connectivity index (χ4v) is 2.90. The van der Waals surface area contributed by atoms with Crippen molar-refractivity contribution >= 4 is 11.5 Å². The third-order valence-electron chi connectivity index (χ3n) is 3.97. The van der Waals surface area contributed by atoms with Gasteiger partial charge in [-0.25, -0.2) is 9.18 Å². The Labute approximate surface area is 131 Å². The monoisotopic (exact) mass is 309 g/mol. The van der Waals surface area contributed by atoms with Gasteiger partial charge in [-0.2, -0.15) is 5.26 Å².